The van der Waals surface area contributed by atoms with Crippen molar-refractivity contribution < 1.29 is 42.7 Å². The Morgan fingerprint density at radius 3 is 1.36 bits per heavy atom. The van der Waals surface area contributed by atoms with Crippen LogP contribution in [0.1, 0.15) is 13.3 Å². The predicted molar refractivity (Wildman–Crippen MR) is 102 cm³/mol. The molecule has 0 amide bonds. The molecule has 0 heterocycles. The van der Waals surface area contributed by atoms with Crippen LogP contribution in [0.2, 0.25) is 0 Å². The van der Waals surface area contributed by atoms with Gasteiger partial charge in [0.05, 0.1) is 98.6 Å². The van der Waals surface area contributed by atoms with E-state index in [1.807, 2.05) is 0 Å². The second kappa shape index (κ2) is 23.8. The molecule has 0 aromatic heterocycles. The molecule has 0 aliphatic heterocycles. The second-order valence-corrected chi connectivity index (χ2v) is 5.27. The number of carbonyl (C=O) groups is 1. The van der Waals surface area contributed by atoms with E-state index in [1.165, 1.54) is 6.26 Å². The highest BCUT2D eigenvalue weighted by Crippen LogP contribution is 1.89. The summed E-state index contributed by atoms with van der Waals surface area (Å²) in [6.07, 6.45) is 1.66. The predicted octanol–water partition coefficient (Wildman–Crippen LogP) is 1.20. The fourth-order valence-electron chi connectivity index (χ4n) is 1.78. The van der Waals surface area contributed by atoms with E-state index in [2.05, 4.69) is 6.58 Å². The lowest BCUT2D eigenvalue weighted by Crippen LogP contribution is -2.14. The van der Waals surface area contributed by atoms with Crippen LogP contribution in [-0.4, -0.2) is 98.5 Å². The van der Waals surface area contributed by atoms with Crippen LogP contribution in [0.5, 0.6) is 0 Å². The Kier molecular flexibility index (Phi) is 22.8. The van der Waals surface area contributed by atoms with Gasteiger partial charge in [-0.05, 0) is 6.92 Å². The minimum absolute atomic E-state index is 0.245. The topological polar surface area (TPSA) is 90.9 Å². The van der Waals surface area contributed by atoms with E-state index in [-0.39, 0.29) is 12.4 Å². The summed E-state index contributed by atoms with van der Waals surface area (Å²) in [7, 11) is 0. The summed E-state index contributed by atoms with van der Waals surface area (Å²) >= 11 is 0. The summed E-state index contributed by atoms with van der Waals surface area (Å²) in [6.45, 7) is 12.0. The molecular weight excluding hydrogens is 372 g/mol. The SMILES string of the molecule is C=COCCOCCOCCOCCOCCOCCOCCC(=O)OCC. The fourth-order valence-corrected chi connectivity index (χ4v) is 1.78. The molecule has 0 aromatic rings. The summed E-state index contributed by atoms with van der Waals surface area (Å²) < 4.78 is 41.7. The molecule has 9 heteroatoms. The van der Waals surface area contributed by atoms with Crippen LogP contribution in [0, 0.1) is 0 Å². The maximum atomic E-state index is 11.1. The zero-order valence-electron chi connectivity index (χ0n) is 17.1. The quantitative estimate of drug-likeness (QED) is 0.140. The summed E-state index contributed by atoms with van der Waals surface area (Å²) in [5, 5.41) is 0. The van der Waals surface area contributed by atoms with Gasteiger partial charge in [0.15, 0.2) is 0 Å². The molecule has 0 aliphatic rings. The van der Waals surface area contributed by atoms with Crippen LogP contribution < -0.4 is 0 Å². The van der Waals surface area contributed by atoms with Gasteiger partial charge in [0, 0.05) is 0 Å². The number of esters is 1. The van der Waals surface area contributed by atoms with Gasteiger partial charge in [-0.1, -0.05) is 6.58 Å². The monoisotopic (exact) mass is 408 g/mol. The first-order chi connectivity index (χ1) is 13.8. The molecule has 0 spiro atoms. The average molecular weight is 408 g/mol. The Morgan fingerprint density at radius 1 is 0.643 bits per heavy atom. The minimum Gasteiger partial charge on any atom is -0.499 e. The molecule has 0 unspecified atom stereocenters. The van der Waals surface area contributed by atoms with Gasteiger partial charge >= 0.3 is 5.97 Å². The second-order valence-electron chi connectivity index (χ2n) is 5.27. The van der Waals surface area contributed by atoms with E-state index in [4.69, 9.17) is 37.9 Å². The smallest absolute Gasteiger partial charge is 0.308 e. The van der Waals surface area contributed by atoms with E-state index in [0.717, 1.165) is 0 Å². The Morgan fingerprint density at radius 2 is 1.00 bits per heavy atom. The molecule has 166 valence electrons. The molecule has 0 aliphatic carbocycles. The van der Waals surface area contributed by atoms with Crippen molar-refractivity contribution in [3.8, 4) is 0 Å². The molecule has 9 nitrogen and oxygen atoms in total. The van der Waals surface area contributed by atoms with Crippen LogP contribution in [0.25, 0.3) is 0 Å². The third-order valence-electron chi connectivity index (χ3n) is 3.08. The average Bonchev–Trinajstić information content (AvgIpc) is 2.69. The minimum atomic E-state index is -0.245. The van der Waals surface area contributed by atoms with Gasteiger partial charge in [0.2, 0.25) is 0 Å². The Balaban J connectivity index is 3.03. The Bertz CT molecular complexity index is 339. The molecule has 28 heavy (non-hydrogen) atoms. The van der Waals surface area contributed by atoms with Gasteiger partial charge < -0.3 is 37.9 Å². The van der Waals surface area contributed by atoms with Crippen LogP contribution in [0.3, 0.4) is 0 Å². The number of hydrogen-bond donors (Lipinski definition) is 0. The van der Waals surface area contributed by atoms with Gasteiger partial charge in [0.25, 0.3) is 0 Å². The van der Waals surface area contributed by atoms with Gasteiger partial charge in [0.1, 0.15) is 6.61 Å². The lowest BCUT2D eigenvalue weighted by molar-refractivity contribution is -0.144. The first-order valence-corrected chi connectivity index (χ1v) is 9.65. The van der Waals surface area contributed by atoms with Crippen molar-refractivity contribution in [3.63, 3.8) is 0 Å². The largest absolute Gasteiger partial charge is 0.499 e. The van der Waals surface area contributed by atoms with Crippen LogP contribution in [0.4, 0.5) is 0 Å². The number of hydrogen-bond acceptors (Lipinski definition) is 9. The molecule has 0 aromatic carbocycles. The van der Waals surface area contributed by atoms with Crippen molar-refractivity contribution in [2.75, 3.05) is 92.5 Å². The van der Waals surface area contributed by atoms with E-state index < -0.39 is 0 Å². The Hall–Kier alpha value is -1.23. The first-order valence-electron chi connectivity index (χ1n) is 9.65. The van der Waals surface area contributed by atoms with Gasteiger partial charge in [-0.2, -0.15) is 0 Å². The van der Waals surface area contributed by atoms with E-state index in [0.29, 0.717) is 92.5 Å². The van der Waals surface area contributed by atoms with Gasteiger partial charge in [-0.15, -0.1) is 0 Å². The van der Waals surface area contributed by atoms with E-state index in [9.17, 15) is 4.79 Å². The van der Waals surface area contributed by atoms with Crippen molar-refractivity contribution >= 4 is 5.97 Å². The zero-order chi connectivity index (χ0) is 20.5. The third kappa shape index (κ3) is 22.8. The van der Waals surface area contributed by atoms with E-state index in [1.54, 1.807) is 6.92 Å². The highest BCUT2D eigenvalue weighted by molar-refractivity contribution is 5.69. The van der Waals surface area contributed by atoms with Crippen LogP contribution in [-0.2, 0) is 42.7 Å². The number of ether oxygens (including phenoxy) is 8. The highest BCUT2D eigenvalue weighted by Gasteiger charge is 2.00. The van der Waals surface area contributed by atoms with Crippen molar-refractivity contribution in [1.29, 1.82) is 0 Å². The molecule has 0 atom stereocenters. The fraction of sp³-hybridized carbons (Fsp3) is 0.842. The molecule has 0 N–H and O–H groups in total. The number of rotatable bonds is 23. The summed E-state index contributed by atoms with van der Waals surface area (Å²) in [6, 6.07) is 0. The summed E-state index contributed by atoms with van der Waals surface area (Å²) in [4.78, 5) is 11.1. The normalized spacial score (nSPS) is 10.8. The van der Waals surface area contributed by atoms with Crippen LogP contribution >= 0.6 is 0 Å². The van der Waals surface area contributed by atoms with Crippen molar-refractivity contribution in [2.45, 2.75) is 13.3 Å². The van der Waals surface area contributed by atoms with Gasteiger partial charge in [-0.3, -0.25) is 4.79 Å². The van der Waals surface area contributed by atoms with Crippen molar-refractivity contribution in [2.24, 2.45) is 0 Å². The lowest BCUT2D eigenvalue weighted by atomic mass is 10.5. The summed E-state index contributed by atoms with van der Waals surface area (Å²) in [5.74, 6) is -0.245. The molecule has 0 saturated carbocycles. The maximum Gasteiger partial charge on any atom is 0.308 e. The zero-order valence-corrected chi connectivity index (χ0v) is 17.1. The molecule has 0 radical (unpaired) electrons. The molecular formula is C19H36O9. The molecule has 0 fully saturated rings. The van der Waals surface area contributed by atoms with Crippen molar-refractivity contribution in [1.82, 2.24) is 0 Å². The maximum absolute atomic E-state index is 11.1. The number of carbonyl (C=O) groups excluding carboxylic acids is 1. The van der Waals surface area contributed by atoms with Crippen molar-refractivity contribution in [3.05, 3.63) is 12.8 Å². The summed E-state index contributed by atoms with van der Waals surface area (Å²) in [5.41, 5.74) is 0. The standard InChI is InChI=1S/C19H36O9/c1-3-21-7-8-23-11-12-25-15-16-27-18-17-26-14-13-24-10-9-22-6-5-19(20)28-4-2/h3H,1,4-18H2,2H3. The highest BCUT2D eigenvalue weighted by atomic mass is 16.6. The van der Waals surface area contributed by atoms with Gasteiger partial charge in [-0.25, -0.2) is 0 Å². The van der Waals surface area contributed by atoms with Crippen LogP contribution in [0.15, 0.2) is 12.8 Å². The molecule has 0 saturated heterocycles. The Labute approximate surface area is 168 Å². The first kappa shape index (κ1) is 26.8. The molecule has 0 rings (SSSR count). The third-order valence-corrected chi connectivity index (χ3v) is 3.08. The lowest BCUT2D eigenvalue weighted by Gasteiger charge is -2.08. The molecule has 0 bridgehead atoms. The van der Waals surface area contributed by atoms with E-state index >= 15 is 0 Å².